The molecule has 1 amide bonds. The van der Waals surface area contributed by atoms with Crippen LogP contribution in [0.15, 0.2) is 64.2 Å². The largest absolute Gasteiger partial charge is 0.336 e. The second-order valence-corrected chi connectivity index (χ2v) is 8.34. The van der Waals surface area contributed by atoms with Crippen LogP contribution in [-0.4, -0.2) is 57.5 Å². The standard InChI is InChI=1S/C25H27FN4O3/c1-3-4-11-28-12-13-29(15-17(28)2)24(32)20-14-18(9-10-21(20)26)16-30-22-8-6-5-7-19(22)23(31)27-25(30)33/h3-10,14,17H,11-13,15-16H2,1-2H3,(H,27,31,33)/b4-3+/t17-/m1/s1. The highest BCUT2D eigenvalue weighted by Crippen LogP contribution is 2.18. The van der Waals surface area contributed by atoms with Gasteiger partial charge in [-0.1, -0.05) is 30.4 Å². The number of allylic oxidation sites excluding steroid dienone is 1. The summed E-state index contributed by atoms with van der Waals surface area (Å²) in [6, 6.07) is 11.3. The highest BCUT2D eigenvalue weighted by Gasteiger charge is 2.28. The number of halogens is 1. The summed E-state index contributed by atoms with van der Waals surface area (Å²) < 4.78 is 16.1. The van der Waals surface area contributed by atoms with Crippen LogP contribution in [-0.2, 0) is 6.54 Å². The fourth-order valence-electron chi connectivity index (χ4n) is 4.28. The molecule has 1 atom stereocenters. The first-order valence-corrected chi connectivity index (χ1v) is 11.0. The molecule has 1 N–H and O–H groups in total. The molecule has 0 radical (unpaired) electrons. The van der Waals surface area contributed by atoms with Gasteiger partial charge in [0.1, 0.15) is 5.82 Å². The monoisotopic (exact) mass is 450 g/mol. The molecule has 2 heterocycles. The third-order valence-corrected chi connectivity index (χ3v) is 6.13. The van der Waals surface area contributed by atoms with Crippen LogP contribution in [0.1, 0.15) is 29.8 Å². The van der Waals surface area contributed by atoms with Gasteiger partial charge in [0.25, 0.3) is 11.5 Å². The summed E-state index contributed by atoms with van der Waals surface area (Å²) in [6.45, 7) is 6.72. The number of nitrogens with one attached hydrogen (secondary N) is 1. The van der Waals surface area contributed by atoms with Crippen molar-refractivity contribution in [1.82, 2.24) is 19.4 Å². The van der Waals surface area contributed by atoms with Gasteiger partial charge in [-0.25, -0.2) is 9.18 Å². The lowest BCUT2D eigenvalue weighted by molar-refractivity contribution is 0.0538. The number of aromatic nitrogens is 2. The molecule has 0 spiro atoms. The molecule has 7 nitrogen and oxygen atoms in total. The van der Waals surface area contributed by atoms with Gasteiger partial charge in [0.2, 0.25) is 0 Å². The van der Waals surface area contributed by atoms with Crippen LogP contribution < -0.4 is 11.2 Å². The summed E-state index contributed by atoms with van der Waals surface area (Å²) in [5.74, 6) is -0.947. The molecule has 0 unspecified atom stereocenters. The Hall–Kier alpha value is -3.52. The minimum atomic E-state index is -0.591. The Balaban J connectivity index is 1.60. The van der Waals surface area contributed by atoms with Crippen LogP contribution >= 0.6 is 0 Å². The molecule has 1 aliphatic heterocycles. The zero-order valence-corrected chi connectivity index (χ0v) is 18.8. The molecule has 0 aliphatic carbocycles. The summed E-state index contributed by atoms with van der Waals surface area (Å²) in [4.78, 5) is 44.0. The van der Waals surface area contributed by atoms with Crippen molar-refractivity contribution < 1.29 is 9.18 Å². The van der Waals surface area contributed by atoms with Gasteiger partial charge in [0.05, 0.1) is 23.0 Å². The summed E-state index contributed by atoms with van der Waals surface area (Å²) in [7, 11) is 0. The van der Waals surface area contributed by atoms with Gasteiger partial charge in [-0.2, -0.15) is 0 Å². The number of rotatable bonds is 5. The molecule has 1 fully saturated rings. The number of hydrogen-bond acceptors (Lipinski definition) is 4. The van der Waals surface area contributed by atoms with E-state index in [2.05, 4.69) is 22.9 Å². The third kappa shape index (κ3) is 4.66. The van der Waals surface area contributed by atoms with Gasteiger partial charge in [0.15, 0.2) is 0 Å². The van der Waals surface area contributed by atoms with Crippen LogP contribution in [0.3, 0.4) is 0 Å². The Morgan fingerprint density at radius 1 is 1.18 bits per heavy atom. The molecule has 4 rings (SSSR count). The van der Waals surface area contributed by atoms with Crippen LogP contribution in [0.5, 0.6) is 0 Å². The van der Waals surface area contributed by atoms with Crippen molar-refractivity contribution >= 4 is 16.8 Å². The molecule has 1 saturated heterocycles. The maximum atomic E-state index is 14.7. The second-order valence-electron chi connectivity index (χ2n) is 8.34. The number of piperazine rings is 1. The Kier molecular flexibility index (Phi) is 6.55. The molecule has 3 aromatic rings. The number of para-hydroxylation sites is 1. The van der Waals surface area contributed by atoms with Crippen LogP contribution in [0, 0.1) is 5.82 Å². The minimum absolute atomic E-state index is 0.0108. The topological polar surface area (TPSA) is 78.4 Å². The zero-order chi connectivity index (χ0) is 23.5. The fourth-order valence-corrected chi connectivity index (χ4v) is 4.28. The predicted octanol–water partition coefficient (Wildman–Crippen LogP) is 2.60. The number of fused-ring (bicyclic) bond motifs is 1. The first kappa shape index (κ1) is 22.7. The lowest BCUT2D eigenvalue weighted by Crippen LogP contribution is -2.53. The molecule has 0 saturated carbocycles. The van der Waals surface area contributed by atoms with E-state index >= 15 is 0 Å². The van der Waals surface area contributed by atoms with Gasteiger partial charge < -0.3 is 4.90 Å². The number of hydrogen-bond donors (Lipinski definition) is 1. The van der Waals surface area contributed by atoms with E-state index in [1.54, 1.807) is 35.2 Å². The van der Waals surface area contributed by atoms with Crippen molar-refractivity contribution in [3.8, 4) is 0 Å². The molecular formula is C25H27FN4O3. The molecule has 8 heteroatoms. The lowest BCUT2D eigenvalue weighted by atomic mass is 10.1. The molecule has 172 valence electrons. The summed E-state index contributed by atoms with van der Waals surface area (Å²) >= 11 is 0. The van der Waals surface area contributed by atoms with Crippen molar-refractivity contribution in [3.63, 3.8) is 0 Å². The Morgan fingerprint density at radius 3 is 2.73 bits per heavy atom. The number of nitrogens with zero attached hydrogens (tertiary/aromatic N) is 3. The molecule has 2 aromatic carbocycles. The zero-order valence-electron chi connectivity index (χ0n) is 18.8. The molecule has 1 aliphatic rings. The number of carbonyl (C=O) groups is 1. The minimum Gasteiger partial charge on any atom is -0.336 e. The first-order chi connectivity index (χ1) is 15.9. The van der Waals surface area contributed by atoms with Gasteiger partial charge >= 0.3 is 5.69 Å². The summed E-state index contributed by atoms with van der Waals surface area (Å²) in [5, 5.41) is 0.389. The number of benzene rings is 2. The Labute approximate surface area is 190 Å². The number of carbonyl (C=O) groups excluding carboxylic acids is 1. The van der Waals surface area contributed by atoms with Crippen molar-refractivity contribution in [1.29, 1.82) is 0 Å². The van der Waals surface area contributed by atoms with Gasteiger partial charge in [-0.05, 0) is 43.7 Å². The van der Waals surface area contributed by atoms with E-state index in [1.165, 1.54) is 16.7 Å². The maximum absolute atomic E-state index is 14.7. The summed E-state index contributed by atoms with van der Waals surface area (Å²) in [6.07, 6.45) is 4.08. The average molecular weight is 451 g/mol. The normalized spacial score (nSPS) is 17.2. The van der Waals surface area contributed by atoms with E-state index in [0.717, 1.165) is 13.1 Å². The van der Waals surface area contributed by atoms with Crippen molar-refractivity contribution in [2.75, 3.05) is 26.2 Å². The van der Waals surface area contributed by atoms with Crippen molar-refractivity contribution in [2.24, 2.45) is 0 Å². The maximum Gasteiger partial charge on any atom is 0.329 e. The lowest BCUT2D eigenvalue weighted by Gasteiger charge is -2.39. The number of H-pyrrole nitrogens is 1. The smallest absolute Gasteiger partial charge is 0.329 e. The molecular weight excluding hydrogens is 423 g/mol. The third-order valence-electron chi connectivity index (χ3n) is 6.13. The quantitative estimate of drug-likeness (QED) is 0.606. The van der Waals surface area contributed by atoms with Crippen LogP contribution in [0.4, 0.5) is 4.39 Å². The molecule has 1 aromatic heterocycles. The highest BCUT2D eigenvalue weighted by atomic mass is 19.1. The van der Waals surface area contributed by atoms with E-state index in [4.69, 9.17) is 0 Å². The van der Waals surface area contributed by atoms with Gasteiger partial charge in [-0.15, -0.1) is 0 Å². The average Bonchev–Trinajstić information content (AvgIpc) is 2.81. The molecule has 0 bridgehead atoms. The fraction of sp³-hybridized carbons (Fsp3) is 0.320. The van der Waals surface area contributed by atoms with Crippen LogP contribution in [0.25, 0.3) is 10.9 Å². The Bertz CT molecular complexity index is 1330. The van der Waals surface area contributed by atoms with Gasteiger partial charge in [-0.3, -0.25) is 24.0 Å². The van der Waals surface area contributed by atoms with E-state index in [1.807, 2.05) is 13.0 Å². The SMILES string of the molecule is C/C=C/CN1CCN(C(=O)c2cc(Cn3c(=O)[nH]c(=O)c4ccccc43)ccc2F)C[C@H]1C. The van der Waals surface area contributed by atoms with E-state index in [-0.39, 0.29) is 24.1 Å². The predicted molar refractivity (Wildman–Crippen MR) is 126 cm³/mol. The number of amides is 1. The number of aromatic amines is 1. The summed E-state index contributed by atoms with van der Waals surface area (Å²) in [5.41, 5.74) is 0.0585. The first-order valence-electron chi connectivity index (χ1n) is 11.0. The van der Waals surface area contributed by atoms with Crippen LogP contribution in [0.2, 0.25) is 0 Å². The van der Waals surface area contributed by atoms with E-state index in [9.17, 15) is 18.8 Å². The van der Waals surface area contributed by atoms with E-state index < -0.39 is 17.1 Å². The second kappa shape index (κ2) is 9.54. The van der Waals surface area contributed by atoms with Crippen molar-refractivity contribution in [3.05, 3.63) is 92.4 Å². The van der Waals surface area contributed by atoms with E-state index in [0.29, 0.717) is 29.6 Å². The van der Waals surface area contributed by atoms with Crippen molar-refractivity contribution in [2.45, 2.75) is 26.4 Å². The molecule has 33 heavy (non-hydrogen) atoms. The van der Waals surface area contributed by atoms with Gasteiger partial charge in [0, 0.05) is 32.2 Å². The highest BCUT2D eigenvalue weighted by molar-refractivity contribution is 5.94. The Morgan fingerprint density at radius 2 is 1.97 bits per heavy atom.